The number of nitrogens with zero attached hydrogens (tertiary/aromatic N) is 1. The fourth-order valence-electron chi connectivity index (χ4n) is 1.16. The van der Waals surface area contributed by atoms with E-state index in [0.717, 1.165) is 6.42 Å². The second-order valence-corrected chi connectivity index (χ2v) is 7.02. The first-order valence-corrected chi connectivity index (χ1v) is 7.38. The first kappa shape index (κ1) is 15.9. The molecule has 7 heteroatoms. The van der Waals surface area contributed by atoms with Gasteiger partial charge in [0, 0.05) is 12.6 Å². The van der Waals surface area contributed by atoms with Crippen molar-refractivity contribution in [2.45, 2.75) is 34.0 Å². The van der Waals surface area contributed by atoms with Crippen LogP contribution in [0.4, 0.5) is 0 Å². The van der Waals surface area contributed by atoms with Crippen molar-refractivity contribution in [1.29, 1.82) is 0 Å². The van der Waals surface area contributed by atoms with Crippen molar-refractivity contribution in [2.24, 2.45) is 0 Å². The summed E-state index contributed by atoms with van der Waals surface area (Å²) in [7, 11) is 0. The van der Waals surface area contributed by atoms with Crippen LogP contribution < -0.4 is 5.32 Å². The van der Waals surface area contributed by atoms with E-state index in [1.54, 1.807) is 18.3 Å². The van der Waals surface area contributed by atoms with E-state index in [-0.39, 0.29) is 5.91 Å². The van der Waals surface area contributed by atoms with Crippen molar-refractivity contribution >= 4 is 52.5 Å². The molecule has 3 nitrogen and oxygen atoms in total. The van der Waals surface area contributed by atoms with Crippen LogP contribution in [0.3, 0.4) is 0 Å². The highest BCUT2D eigenvalue weighted by Gasteiger charge is 2.34. The van der Waals surface area contributed by atoms with E-state index in [4.69, 9.17) is 34.8 Å². The summed E-state index contributed by atoms with van der Waals surface area (Å²) in [5.41, 5.74) is 0. The summed E-state index contributed by atoms with van der Waals surface area (Å²) in [4.78, 5) is 15.7. The van der Waals surface area contributed by atoms with Gasteiger partial charge in [0.1, 0.15) is 5.37 Å². The van der Waals surface area contributed by atoms with Gasteiger partial charge in [0.15, 0.2) is 0 Å². The van der Waals surface area contributed by atoms with Gasteiger partial charge < -0.3 is 5.32 Å². The van der Waals surface area contributed by atoms with Crippen molar-refractivity contribution in [3.63, 3.8) is 0 Å². The molecule has 1 N–H and O–H groups in total. The summed E-state index contributed by atoms with van der Waals surface area (Å²) in [5, 5.41) is 2.71. The molecule has 0 saturated heterocycles. The summed E-state index contributed by atoms with van der Waals surface area (Å²) in [6, 6.07) is 5.42. The minimum atomic E-state index is -1.59. The highest BCUT2D eigenvalue weighted by Crippen LogP contribution is 2.38. The van der Waals surface area contributed by atoms with Gasteiger partial charge in [-0.05, 0) is 18.6 Å². The normalized spacial score (nSPS) is 13.1. The quantitative estimate of drug-likeness (QED) is 0.508. The highest BCUT2D eigenvalue weighted by molar-refractivity contribution is 8.00. The number of aromatic nitrogens is 1. The van der Waals surface area contributed by atoms with Crippen LogP contribution in [-0.2, 0) is 4.79 Å². The predicted molar refractivity (Wildman–Crippen MR) is 77.2 cm³/mol. The lowest BCUT2D eigenvalue weighted by atomic mass is 10.3. The molecule has 1 rings (SSSR count). The molecule has 0 fully saturated rings. The van der Waals surface area contributed by atoms with Gasteiger partial charge >= 0.3 is 0 Å². The van der Waals surface area contributed by atoms with Crippen LogP contribution in [0.1, 0.15) is 19.8 Å². The zero-order valence-electron chi connectivity index (χ0n) is 9.70. The Kier molecular flexibility index (Phi) is 6.57. The second-order valence-electron chi connectivity index (χ2n) is 3.52. The Labute approximate surface area is 126 Å². The van der Waals surface area contributed by atoms with Crippen LogP contribution in [0.25, 0.3) is 0 Å². The molecule has 1 atom stereocenters. The van der Waals surface area contributed by atoms with Crippen molar-refractivity contribution in [3.8, 4) is 0 Å². The lowest BCUT2D eigenvalue weighted by molar-refractivity contribution is -0.121. The maximum absolute atomic E-state index is 11.6. The minimum absolute atomic E-state index is 0.141. The zero-order valence-corrected chi connectivity index (χ0v) is 12.8. The number of hydrogen-bond donors (Lipinski definition) is 1. The first-order valence-electron chi connectivity index (χ1n) is 5.37. The van der Waals surface area contributed by atoms with Gasteiger partial charge in [-0.25, -0.2) is 4.98 Å². The Morgan fingerprint density at radius 1 is 1.50 bits per heavy atom. The molecule has 0 radical (unpaired) electrons. The molecule has 18 heavy (non-hydrogen) atoms. The Bertz CT molecular complexity index is 384. The van der Waals surface area contributed by atoms with Crippen LogP contribution in [0.15, 0.2) is 29.4 Å². The van der Waals surface area contributed by atoms with Gasteiger partial charge in [-0.1, -0.05) is 59.6 Å². The lowest BCUT2D eigenvalue weighted by Crippen LogP contribution is -2.41. The van der Waals surface area contributed by atoms with E-state index in [2.05, 4.69) is 10.3 Å². The number of thioether (sulfide) groups is 1. The molecule has 0 saturated carbocycles. The predicted octanol–water partition coefficient (Wildman–Crippen LogP) is 3.79. The number of pyridine rings is 1. The SMILES string of the molecule is CCCC(=O)NC(Sc1ccccn1)C(Cl)(Cl)Cl. The zero-order chi connectivity index (χ0) is 13.6. The number of carbonyl (C=O) groups is 1. The molecule has 1 aromatic rings. The average molecular weight is 328 g/mol. The lowest BCUT2D eigenvalue weighted by Gasteiger charge is -2.24. The van der Waals surface area contributed by atoms with Gasteiger partial charge in [-0.3, -0.25) is 4.79 Å². The molecular weight excluding hydrogens is 315 g/mol. The van der Waals surface area contributed by atoms with Crippen molar-refractivity contribution in [2.75, 3.05) is 0 Å². The first-order chi connectivity index (χ1) is 8.43. The third-order valence-electron chi connectivity index (χ3n) is 1.94. The Morgan fingerprint density at radius 3 is 2.72 bits per heavy atom. The molecule has 0 aliphatic rings. The topological polar surface area (TPSA) is 42.0 Å². The molecule has 0 aliphatic carbocycles. The highest BCUT2D eigenvalue weighted by atomic mass is 35.6. The molecule has 0 spiro atoms. The standard InChI is InChI=1S/C11H13Cl3N2OS/c1-2-5-8(17)16-10(11(12,13)14)18-9-6-3-4-7-15-9/h3-4,6-7,10H,2,5H2,1H3,(H,16,17). The maximum Gasteiger partial charge on any atom is 0.220 e. The number of rotatable bonds is 5. The second kappa shape index (κ2) is 7.43. The van der Waals surface area contributed by atoms with E-state index in [9.17, 15) is 4.79 Å². The number of hydrogen-bond acceptors (Lipinski definition) is 3. The molecule has 0 aliphatic heterocycles. The smallest absolute Gasteiger partial charge is 0.220 e. The van der Waals surface area contributed by atoms with E-state index < -0.39 is 9.17 Å². The molecular formula is C11H13Cl3N2OS. The monoisotopic (exact) mass is 326 g/mol. The van der Waals surface area contributed by atoms with Gasteiger partial charge in [-0.15, -0.1) is 0 Å². The van der Waals surface area contributed by atoms with Crippen molar-refractivity contribution in [3.05, 3.63) is 24.4 Å². The molecule has 0 aromatic carbocycles. The Balaban J connectivity index is 2.71. The average Bonchev–Trinajstić information content (AvgIpc) is 2.28. The number of halogens is 3. The van der Waals surface area contributed by atoms with E-state index in [0.29, 0.717) is 11.4 Å². The largest absolute Gasteiger partial charge is 0.340 e. The fraction of sp³-hybridized carbons (Fsp3) is 0.455. The van der Waals surface area contributed by atoms with Gasteiger partial charge in [0.25, 0.3) is 0 Å². The van der Waals surface area contributed by atoms with E-state index in [1.807, 2.05) is 13.0 Å². The van der Waals surface area contributed by atoms with Crippen LogP contribution >= 0.6 is 46.6 Å². The summed E-state index contributed by atoms with van der Waals surface area (Å²) < 4.78 is -1.59. The van der Waals surface area contributed by atoms with Crippen molar-refractivity contribution < 1.29 is 4.79 Å². The van der Waals surface area contributed by atoms with Crippen LogP contribution in [0, 0.1) is 0 Å². The third-order valence-corrected chi connectivity index (χ3v) is 4.18. The van der Waals surface area contributed by atoms with Crippen molar-refractivity contribution in [1.82, 2.24) is 10.3 Å². The maximum atomic E-state index is 11.6. The van der Waals surface area contributed by atoms with Crippen LogP contribution in [-0.4, -0.2) is 20.1 Å². The summed E-state index contributed by atoms with van der Waals surface area (Å²) in [5.74, 6) is -0.141. The fourth-order valence-corrected chi connectivity index (χ4v) is 2.57. The minimum Gasteiger partial charge on any atom is -0.340 e. The molecule has 1 aromatic heterocycles. The third kappa shape index (κ3) is 5.65. The van der Waals surface area contributed by atoms with E-state index >= 15 is 0 Å². The number of amides is 1. The summed E-state index contributed by atoms with van der Waals surface area (Å²) >= 11 is 18.8. The summed E-state index contributed by atoms with van der Waals surface area (Å²) in [6.45, 7) is 1.91. The molecule has 100 valence electrons. The number of alkyl halides is 3. The molecule has 1 heterocycles. The van der Waals surface area contributed by atoms with E-state index in [1.165, 1.54) is 11.8 Å². The molecule has 0 bridgehead atoms. The van der Waals surface area contributed by atoms with Crippen LogP contribution in [0.5, 0.6) is 0 Å². The summed E-state index contributed by atoms with van der Waals surface area (Å²) in [6.07, 6.45) is 2.79. The molecule has 1 amide bonds. The van der Waals surface area contributed by atoms with Crippen LogP contribution in [0.2, 0.25) is 0 Å². The molecule has 1 unspecified atom stereocenters. The Hall–Kier alpha value is -0.160. The Morgan fingerprint density at radius 2 is 2.22 bits per heavy atom. The number of carbonyl (C=O) groups excluding carboxylic acids is 1. The van der Waals surface area contributed by atoms with Gasteiger partial charge in [0.05, 0.1) is 5.03 Å². The van der Waals surface area contributed by atoms with Gasteiger partial charge in [-0.2, -0.15) is 0 Å². The van der Waals surface area contributed by atoms with Gasteiger partial charge in [0.2, 0.25) is 9.70 Å². The number of nitrogens with one attached hydrogen (secondary N) is 1.